The fourth-order valence-electron chi connectivity index (χ4n) is 3.98. The van der Waals surface area contributed by atoms with E-state index in [0.717, 1.165) is 23.3 Å². The predicted molar refractivity (Wildman–Crippen MR) is 136 cm³/mol. The van der Waals surface area contributed by atoms with Crippen molar-refractivity contribution in [2.24, 2.45) is 0 Å². The first-order chi connectivity index (χ1) is 16.4. The van der Waals surface area contributed by atoms with Crippen LogP contribution >= 0.6 is 11.6 Å². The summed E-state index contributed by atoms with van der Waals surface area (Å²) in [6.45, 7) is 3.66. The van der Waals surface area contributed by atoms with Crippen LogP contribution in [0.15, 0.2) is 66.7 Å². The third-order valence-corrected chi connectivity index (χ3v) is 5.83. The second-order valence-corrected chi connectivity index (χ2v) is 8.61. The number of urea groups is 2. The molecule has 4 rings (SSSR count). The third kappa shape index (κ3) is 5.61. The molecule has 1 fully saturated rings. The minimum atomic E-state index is -0.410. The van der Waals surface area contributed by atoms with E-state index in [4.69, 9.17) is 16.3 Å². The highest BCUT2D eigenvalue weighted by molar-refractivity contribution is 6.30. The average molecular weight is 479 g/mol. The van der Waals surface area contributed by atoms with E-state index < -0.39 is 6.03 Å². The molecule has 0 radical (unpaired) electrons. The Morgan fingerprint density at radius 2 is 1.85 bits per heavy atom. The smallest absolute Gasteiger partial charge is 0.324 e. The summed E-state index contributed by atoms with van der Waals surface area (Å²) in [4.78, 5) is 29.6. The summed E-state index contributed by atoms with van der Waals surface area (Å²) in [7, 11) is 1.63. The van der Waals surface area contributed by atoms with Gasteiger partial charge in [0.1, 0.15) is 5.75 Å². The molecular formula is C26H27ClN4O3. The number of halogens is 1. The molecule has 0 bridgehead atoms. The number of nitrogens with zero attached hydrogens (tertiary/aromatic N) is 2. The molecule has 0 saturated carbocycles. The maximum atomic E-state index is 13.4. The van der Waals surface area contributed by atoms with Crippen LogP contribution in [0.5, 0.6) is 5.75 Å². The van der Waals surface area contributed by atoms with E-state index in [0.29, 0.717) is 41.7 Å². The standard InChI is InChI=1S/C26H27ClN4O3/c1-18-10-11-24(23(14-18)29-25(32)28-21-8-4-7-20(27)16-21)31-13-5-12-30(26(31)33)17-19-6-3-9-22(15-19)34-2/h3-4,6-11,14-16H,5,12-13,17H2,1-2H3,(H2,28,29,32). The zero-order valence-electron chi connectivity index (χ0n) is 19.2. The molecule has 0 aromatic heterocycles. The van der Waals surface area contributed by atoms with Crippen molar-refractivity contribution in [3.05, 3.63) is 82.9 Å². The summed E-state index contributed by atoms with van der Waals surface area (Å²) < 4.78 is 5.31. The molecule has 2 N–H and O–H groups in total. The van der Waals surface area contributed by atoms with Gasteiger partial charge in [0.15, 0.2) is 0 Å². The maximum absolute atomic E-state index is 13.4. The zero-order valence-corrected chi connectivity index (χ0v) is 19.9. The van der Waals surface area contributed by atoms with Gasteiger partial charge in [0.25, 0.3) is 0 Å². The van der Waals surface area contributed by atoms with Gasteiger partial charge in [0.05, 0.1) is 18.5 Å². The Labute approximate surface area is 204 Å². The zero-order chi connectivity index (χ0) is 24.1. The Morgan fingerprint density at radius 1 is 1.03 bits per heavy atom. The van der Waals surface area contributed by atoms with Crippen LogP contribution < -0.4 is 20.3 Å². The van der Waals surface area contributed by atoms with Crippen LogP contribution in [0.4, 0.5) is 26.7 Å². The van der Waals surface area contributed by atoms with Crippen LogP contribution in [0, 0.1) is 6.92 Å². The number of carbonyl (C=O) groups is 2. The van der Waals surface area contributed by atoms with E-state index in [9.17, 15) is 9.59 Å². The predicted octanol–water partition coefficient (Wildman–Crippen LogP) is 6.13. The molecule has 4 amide bonds. The molecular weight excluding hydrogens is 452 g/mol. The summed E-state index contributed by atoms with van der Waals surface area (Å²) >= 11 is 6.01. The summed E-state index contributed by atoms with van der Waals surface area (Å²) in [6.07, 6.45) is 0.817. The third-order valence-electron chi connectivity index (χ3n) is 5.59. The molecule has 0 spiro atoms. The fourth-order valence-corrected chi connectivity index (χ4v) is 4.17. The van der Waals surface area contributed by atoms with E-state index in [1.165, 1.54) is 0 Å². The SMILES string of the molecule is COc1cccc(CN2CCCN(c3ccc(C)cc3NC(=O)Nc3cccc(Cl)c3)C2=O)c1. The van der Waals surface area contributed by atoms with Gasteiger partial charge in [-0.15, -0.1) is 0 Å². The van der Waals surface area contributed by atoms with Gasteiger partial charge < -0.3 is 20.3 Å². The molecule has 7 nitrogen and oxygen atoms in total. The lowest BCUT2D eigenvalue weighted by atomic mass is 10.1. The van der Waals surface area contributed by atoms with Gasteiger partial charge in [-0.1, -0.05) is 35.9 Å². The first-order valence-corrected chi connectivity index (χ1v) is 11.4. The van der Waals surface area contributed by atoms with Crippen LogP contribution in [0.25, 0.3) is 0 Å². The molecule has 1 heterocycles. The number of aryl methyl sites for hydroxylation is 1. The second kappa shape index (κ2) is 10.5. The Kier molecular flexibility index (Phi) is 7.23. The van der Waals surface area contributed by atoms with Crippen molar-refractivity contribution in [1.82, 2.24) is 4.90 Å². The van der Waals surface area contributed by atoms with Crippen molar-refractivity contribution >= 4 is 40.7 Å². The lowest BCUT2D eigenvalue weighted by molar-refractivity contribution is 0.192. The lowest BCUT2D eigenvalue weighted by Gasteiger charge is -2.36. The van der Waals surface area contributed by atoms with Gasteiger partial charge in [-0.2, -0.15) is 0 Å². The average Bonchev–Trinajstić information content (AvgIpc) is 2.81. The van der Waals surface area contributed by atoms with Gasteiger partial charge >= 0.3 is 12.1 Å². The van der Waals surface area contributed by atoms with Gasteiger partial charge in [0.2, 0.25) is 0 Å². The van der Waals surface area contributed by atoms with Crippen molar-refractivity contribution in [3.8, 4) is 5.75 Å². The number of nitrogens with one attached hydrogen (secondary N) is 2. The fraction of sp³-hybridized carbons (Fsp3) is 0.231. The van der Waals surface area contributed by atoms with Crippen LogP contribution in [-0.2, 0) is 6.54 Å². The number of ether oxygens (including phenoxy) is 1. The number of benzene rings is 3. The number of methoxy groups -OCH3 is 1. The van der Waals surface area contributed by atoms with Gasteiger partial charge in [-0.05, 0) is 66.9 Å². The molecule has 1 saturated heterocycles. The number of hydrogen-bond donors (Lipinski definition) is 2. The highest BCUT2D eigenvalue weighted by atomic mass is 35.5. The van der Waals surface area contributed by atoms with Crippen LogP contribution in [0.1, 0.15) is 17.5 Å². The van der Waals surface area contributed by atoms with Crippen molar-refractivity contribution in [2.45, 2.75) is 19.9 Å². The highest BCUT2D eigenvalue weighted by Crippen LogP contribution is 2.31. The Morgan fingerprint density at radius 3 is 2.65 bits per heavy atom. The molecule has 0 aliphatic carbocycles. The number of amides is 4. The number of rotatable bonds is 6. The molecule has 0 unspecified atom stereocenters. The van der Waals surface area contributed by atoms with E-state index >= 15 is 0 Å². The summed E-state index contributed by atoms with van der Waals surface area (Å²) in [5.74, 6) is 0.759. The number of anilines is 3. The summed E-state index contributed by atoms with van der Waals surface area (Å²) in [5, 5.41) is 6.21. The van der Waals surface area contributed by atoms with Crippen molar-refractivity contribution in [1.29, 1.82) is 0 Å². The van der Waals surface area contributed by atoms with Gasteiger partial charge in [0, 0.05) is 30.3 Å². The minimum absolute atomic E-state index is 0.101. The molecule has 1 aliphatic rings. The highest BCUT2D eigenvalue weighted by Gasteiger charge is 2.28. The van der Waals surface area contributed by atoms with E-state index in [-0.39, 0.29) is 6.03 Å². The maximum Gasteiger partial charge on any atom is 0.324 e. The topological polar surface area (TPSA) is 73.9 Å². The molecule has 34 heavy (non-hydrogen) atoms. The van der Waals surface area contributed by atoms with Gasteiger partial charge in [-0.3, -0.25) is 4.90 Å². The summed E-state index contributed by atoms with van der Waals surface area (Å²) in [6, 6.07) is 19.8. The van der Waals surface area contributed by atoms with E-state index in [1.54, 1.807) is 36.3 Å². The van der Waals surface area contributed by atoms with Crippen molar-refractivity contribution in [3.63, 3.8) is 0 Å². The summed E-state index contributed by atoms with van der Waals surface area (Å²) in [5.41, 5.74) is 3.78. The van der Waals surface area contributed by atoms with Gasteiger partial charge in [-0.25, -0.2) is 9.59 Å². The van der Waals surface area contributed by atoms with Crippen LogP contribution in [0.3, 0.4) is 0 Å². The van der Waals surface area contributed by atoms with E-state index in [1.807, 2.05) is 54.3 Å². The van der Waals surface area contributed by atoms with Crippen molar-refractivity contribution in [2.75, 3.05) is 35.7 Å². The van der Waals surface area contributed by atoms with E-state index in [2.05, 4.69) is 10.6 Å². The molecule has 176 valence electrons. The molecule has 3 aromatic carbocycles. The monoisotopic (exact) mass is 478 g/mol. The van der Waals surface area contributed by atoms with Crippen LogP contribution in [0.2, 0.25) is 5.02 Å². The second-order valence-electron chi connectivity index (χ2n) is 8.17. The molecule has 8 heteroatoms. The quantitative estimate of drug-likeness (QED) is 0.447. The minimum Gasteiger partial charge on any atom is -0.497 e. The first-order valence-electron chi connectivity index (χ1n) is 11.1. The van der Waals surface area contributed by atoms with Crippen LogP contribution in [-0.4, -0.2) is 37.2 Å². The largest absolute Gasteiger partial charge is 0.497 e. The molecule has 1 aliphatic heterocycles. The Balaban J connectivity index is 1.52. The number of hydrogen-bond acceptors (Lipinski definition) is 3. The first kappa shape index (κ1) is 23.4. The number of carbonyl (C=O) groups excluding carboxylic acids is 2. The lowest BCUT2D eigenvalue weighted by Crippen LogP contribution is -2.49. The Bertz CT molecular complexity index is 1200. The molecule has 0 atom stereocenters. The van der Waals surface area contributed by atoms with Crippen molar-refractivity contribution < 1.29 is 14.3 Å². The normalized spacial score (nSPS) is 13.6. The Hall–Kier alpha value is -3.71. The molecule has 3 aromatic rings.